The highest BCUT2D eigenvalue weighted by Gasteiger charge is 2.08. The van der Waals surface area contributed by atoms with E-state index in [4.69, 9.17) is 4.74 Å². The van der Waals surface area contributed by atoms with Gasteiger partial charge in [0.1, 0.15) is 5.75 Å². The minimum atomic E-state index is 0.831. The molecular formula is C10H7Br2NOS. The van der Waals surface area contributed by atoms with Crippen LogP contribution in [0.1, 0.15) is 0 Å². The highest BCUT2D eigenvalue weighted by Crippen LogP contribution is 2.33. The Morgan fingerprint density at radius 3 is 2.73 bits per heavy atom. The molecule has 0 saturated carbocycles. The van der Waals surface area contributed by atoms with E-state index < -0.39 is 0 Å². The number of methoxy groups -OCH3 is 1. The third-order valence-corrected chi connectivity index (χ3v) is 3.98. The number of thiazole rings is 1. The van der Waals surface area contributed by atoms with E-state index in [1.807, 2.05) is 23.6 Å². The van der Waals surface area contributed by atoms with E-state index in [-0.39, 0.29) is 0 Å². The quantitative estimate of drug-likeness (QED) is 0.805. The number of nitrogens with zero attached hydrogens (tertiary/aromatic N) is 1. The van der Waals surface area contributed by atoms with E-state index in [0.717, 1.165) is 25.4 Å². The van der Waals surface area contributed by atoms with Crippen LogP contribution in [0, 0.1) is 0 Å². The van der Waals surface area contributed by atoms with Gasteiger partial charge < -0.3 is 4.74 Å². The van der Waals surface area contributed by atoms with E-state index in [2.05, 4.69) is 36.8 Å². The van der Waals surface area contributed by atoms with Crippen LogP contribution in [0.25, 0.3) is 11.3 Å². The third kappa shape index (κ3) is 2.41. The fourth-order valence-electron chi connectivity index (χ4n) is 1.20. The summed E-state index contributed by atoms with van der Waals surface area (Å²) >= 11 is 8.42. The third-order valence-electron chi connectivity index (χ3n) is 1.93. The summed E-state index contributed by atoms with van der Waals surface area (Å²) < 4.78 is 7.08. The molecular weight excluding hydrogens is 342 g/mol. The Labute approximate surface area is 109 Å². The van der Waals surface area contributed by atoms with Gasteiger partial charge in [0.2, 0.25) is 0 Å². The minimum absolute atomic E-state index is 0.831. The Morgan fingerprint density at radius 2 is 2.13 bits per heavy atom. The summed E-state index contributed by atoms with van der Waals surface area (Å²) in [4.78, 5) is 4.37. The average molecular weight is 349 g/mol. The van der Waals surface area contributed by atoms with Gasteiger partial charge >= 0.3 is 0 Å². The molecule has 0 radical (unpaired) electrons. The van der Waals surface area contributed by atoms with Gasteiger partial charge in [0.25, 0.3) is 0 Å². The first-order valence-corrected chi connectivity index (χ1v) is 6.62. The van der Waals surface area contributed by atoms with E-state index >= 15 is 0 Å². The van der Waals surface area contributed by atoms with Crippen LogP contribution in [0.4, 0.5) is 0 Å². The van der Waals surface area contributed by atoms with Crippen molar-refractivity contribution in [2.24, 2.45) is 0 Å². The van der Waals surface area contributed by atoms with E-state index in [1.54, 1.807) is 18.4 Å². The normalized spacial score (nSPS) is 10.3. The summed E-state index contributed by atoms with van der Waals surface area (Å²) in [5, 5.41) is 2.00. The van der Waals surface area contributed by atoms with Gasteiger partial charge in [-0.1, -0.05) is 15.9 Å². The second kappa shape index (κ2) is 4.63. The van der Waals surface area contributed by atoms with Crippen LogP contribution in [-0.4, -0.2) is 12.1 Å². The smallest absolute Gasteiger partial charge is 0.159 e. The summed E-state index contributed by atoms with van der Waals surface area (Å²) in [7, 11) is 1.66. The summed E-state index contributed by atoms with van der Waals surface area (Å²) in [6.07, 6.45) is 0. The lowest BCUT2D eigenvalue weighted by molar-refractivity contribution is 0.415. The predicted octanol–water partition coefficient (Wildman–Crippen LogP) is 4.34. The lowest BCUT2D eigenvalue weighted by Crippen LogP contribution is -1.85. The molecule has 0 aliphatic rings. The molecule has 2 rings (SSSR count). The first-order chi connectivity index (χ1) is 7.20. The van der Waals surface area contributed by atoms with Gasteiger partial charge in [-0.2, -0.15) is 0 Å². The molecule has 0 aliphatic carbocycles. The van der Waals surface area contributed by atoms with E-state index in [9.17, 15) is 0 Å². The molecule has 0 bridgehead atoms. The fraction of sp³-hybridized carbons (Fsp3) is 0.100. The van der Waals surface area contributed by atoms with Gasteiger partial charge in [0, 0.05) is 15.4 Å². The van der Waals surface area contributed by atoms with Crippen LogP contribution in [-0.2, 0) is 0 Å². The molecule has 15 heavy (non-hydrogen) atoms. The molecule has 0 amide bonds. The van der Waals surface area contributed by atoms with Crippen molar-refractivity contribution < 1.29 is 4.74 Å². The highest BCUT2D eigenvalue weighted by atomic mass is 79.9. The Bertz CT molecular complexity index is 484. The largest absolute Gasteiger partial charge is 0.497 e. The number of hydrogen-bond acceptors (Lipinski definition) is 3. The zero-order valence-corrected chi connectivity index (χ0v) is 11.8. The van der Waals surface area contributed by atoms with Crippen molar-refractivity contribution in [3.05, 3.63) is 32.0 Å². The summed E-state index contributed by atoms with van der Waals surface area (Å²) in [5.74, 6) is 0.831. The van der Waals surface area contributed by atoms with Gasteiger partial charge in [0.15, 0.2) is 3.92 Å². The molecule has 0 aliphatic heterocycles. The van der Waals surface area contributed by atoms with E-state index in [0.29, 0.717) is 0 Å². The van der Waals surface area contributed by atoms with Gasteiger partial charge in [-0.3, -0.25) is 0 Å². The lowest BCUT2D eigenvalue weighted by atomic mass is 10.2. The van der Waals surface area contributed by atoms with Crippen LogP contribution in [0.15, 0.2) is 32.0 Å². The minimum Gasteiger partial charge on any atom is -0.497 e. The Balaban J connectivity index is 2.51. The van der Waals surface area contributed by atoms with Crippen molar-refractivity contribution in [3.8, 4) is 17.0 Å². The number of ether oxygens (including phenoxy) is 1. The molecule has 1 heterocycles. The van der Waals surface area contributed by atoms with Crippen LogP contribution in [0.3, 0.4) is 0 Å². The first kappa shape index (κ1) is 11.1. The van der Waals surface area contributed by atoms with Crippen LogP contribution in [0.5, 0.6) is 5.75 Å². The van der Waals surface area contributed by atoms with Crippen molar-refractivity contribution in [3.63, 3.8) is 0 Å². The average Bonchev–Trinajstić information content (AvgIpc) is 2.65. The number of rotatable bonds is 2. The monoisotopic (exact) mass is 347 g/mol. The second-order valence-corrected chi connectivity index (χ2v) is 5.82. The van der Waals surface area contributed by atoms with Crippen molar-refractivity contribution >= 4 is 43.2 Å². The fourth-order valence-corrected chi connectivity index (χ4v) is 2.66. The first-order valence-electron chi connectivity index (χ1n) is 4.15. The zero-order valence-electron chi connectivity index (χ0n) is 7.83. The van der Waals surface area contributed by atoms with Crippen LogP contribution < -0.4 is 4.74 Å². The Kier molecular flexibility index (Phi) is 3.43. The highest BCUT2D eigenvalue weighted by molar-refractivity contribution is 9.11. The molecule has 2 aromatic rings. The molecule has 0 saturated heterocycles. The maximum atomic E-state index is 5.18. The summed E-state index contributed by atoms with van der Waals surface area (Å²) in [6, 6.07) is 5.84. The summed E-state index contributed by atoms with van der Waals surface area (Å²) in [6.45, 7) is 0. The van der Waals surface area contributed by atoms with Crippen molar-refractivity contribution in [1.29, 1.82) is 0 Å². The second-order valence-electron chi connectivity index (χ2n) is 2.83. The SMILES string of the molecule is COc1ccc(Br)c(-c2csc(Br)n2)c1. The van der Waals surface area contributed by atoms with Gasteiger partial charge in [-0.15, -0.1) is 11.3 Å². The number of hydrogen-bond donors (Lipinski definition) is 0. The maximum absolute atomic E-state index is 5.18. The molecule has 0 unspecified atom stereocenters. The van der Waals surface area contributed by atoms with E-state index in [1.165, 1.54) is 0 Å². The zero-order chi connectivity index (χ0) is 10.8. The number of benzene rings is 1. The van der Waals surface area contributed by atoms with Gasteiger partial charge in [-0.25, -0.2) is 4.98 Å². The molecule has 2 nitrogen and oxygen atoms in total. The topological polar surface area (TPSA) is 22.1 Å². The van der Waals surface area contributed by atoms with Crippen molar-refractivity contribution in [1.82, 2.24) is 4.98 Å². The predicted molar refractivity (Wildman–Crippen MR) is 69.5 cm³/mol. The molecule has 1 aromatic carbocycles. The van der Waals surface area contributed by atoms with Crippen molar-refractivity contribution in [2.75, 3.05) is 7.11 Å². The standard InChI is InChI=1S/C10H7Br2NOS/c1-14-6-2-3-8(11)7(4-6)9-5-15-10(12)13-9/h2-5H,1H3. The van der Waals surface area contributed by atoms with Crippen molar-refractivity contribution in [2.45, 2.75) is 0 Å². The Hall–Kier alpha value is -0.390. The maximum Gasteiger partial charge on any atom is 0.159 e. The number of aromatic nitrogens is 1. The van der Waals surface area contributed by atoms with Crippen LogP contribution in [0.2, 0.25) is 0 Å². The molecule has 1 aromatic heterocycles. The molecule has 5 heteroatoms. The molecule has 0 N–H and O–H groups in total. The lowest BCUT2D eigenvalue weighted by Gasteiger charge is -2.04. The summed E-state index contributed by atoms with van der Waals surface area (Å²) in [5.41, 5.74) is 1.98. The molecule has 0 atom stereocenters. The number of halogens is 2. The van der Waals surface area contributed by atoms with Crippen LogP contribution >= 0.6 is 43.2 Å². The molecule has 0 spiro atoms. The van der Waals surface area contributed by atoms with Gasteiger partial charge in [-0.05, 0) is 34.1 Å². The molecule has 0 fully saturated rings. The van der Waals surface area contributed by atoms with Gasteiger partial charge in [0.05, 0.1) is 12.8 Å². The molecule has 78 valence electrons. The Morgan fingerprint density at radius 1 is 1.33 bits per heavy atom.